The predicted octanol–water partition coefficient (Wildman–Crippen LogP) is 1.48. The molecule has 0 aliphatic heterocycles. The van der Waals surface area contributed by atoms with E-state index in [-0.39, 0.29) is 0 Å². The van der Waals surface area contributed by atoms with Gasteiger partial charge in [-0.3, -0.25) is 0 Å². The van der Waals surface area contributed by atoms with Crippen LogP contribution in [0.15, 0.2) is 0 Å². The average Bonchev–Trinajstić information content (AvgIpc) is 1.64. The fourth-order valence-electron chi connectivity index (χ4n) is 0.910. The van der Waals surface area contributed by atoms with Gasteiger partial charge >= 0.3 is 0 Å². The maximum Gasteiger partial charge on any atom is 0.0596 e. The van der Waals surface area contributed by atoms with E-state index in [9.17, 15) is 0 Å². The highest BCUT2D eigenvalue weighted by Crippen LogP contribution is 2.27. The van der Waals surface area contributed by atoms with E-state index < -0.39 is 0 Å². The molecule has 0 amide bonds. The Morgan fingerprint density at radius 3 is 2.62 bits per heavy atom. The molecule has 1 nitrogen and oxygen atoms in total. The Kier molecular flexibility index (Phi) is 2.20. The van der Waals surface area contributed by atoms with Crippen LogP contribution in [0.5, 0.6) is 0 Å². The Balaban J connectivity index is 1.98. The lowest BCUT2D eigenvalue weighted by Crippen LogP contribution is -2.31. The summed E-state index contributed by atoms with van der Waals surface area (Å²) in [4.78, 5) is 0. The van der Waals surface area contributed by atoms with E-state index in [1.54, 1.807) is 0 Å². The smallest absolute Gasteiger partial charge is 0.0596 e. The van der Waals surface area contributed by atoms with Gasteiger partial charge in [-0.1, -0.05) is 0 Å². The van der Waals surface area contributed by atoms with Gasteiger partial charge < -0.3 is 4.74 Å². The second-order valence-electron chi connectivity index (χ2n) is 2.20. The van der Waals surface area contributed by atoms with Gasteiger partial charge in [-0.15, -0.1) is 0 Å². The maximum absolute atomic E-state index is 5.30. The predicted molar refractivity (Wildman–Crippen MR) is 37.4 cm³/mol. The van der Waals surface area contributed by atoms with Crippen LogP contribution in [0.2, 0.25) is 0 Å². The van der Waals surface area contributed by atoms with E-state index in [1.165, 1.54) is 0 Å². The van der Waals surface area contributed by atoms with Crippen molar-refractivity contribution >= 4 is 12.6 Å². The van der Waals surface area contributed by atoms with Crippen LogP contribution in [0.1, 0.15) is 19.8 Å². The summed E-state index contributed by atoms with van der Waals surface area (Å²) >= 11 is 4.26. The number of ether oxygens (including phenoxy) is 1. The molecule has 1 aliphatic carbocycles. The lowest BCUT2D eigenvalue weighted by Gasteiger charge is -2.31. The molecule has 0 heterocycles. The Morgan fingerprint density at radius 1 is 1.62 bits per heavy atom. The second-order valence-corrected chi connectivity index (χ2v) is 2.93. The van der Waals surface area contributed by atoms with Crippen LogP contribution in [-0.2, 0) is 4.74 Å². The normalized spacial score (nSPS) is 36.8. The summed E-state index contributed by atoms with van der Waals surface area (Å²) in [5.74, 6) is 0. The van der Waals surface area contributed by atoms with Gasteiger partial charge in [-0.05, 0) is 19.8 Å². The summed E-state index contributed by atoms with van der Waals surface area (Å²) in [6.45, 7) is 2.89. The van der Waals surface area contributed by atoms with Gasteiger partial charge in [-0.2, -0.15) is 12.6 Å². The standard InChI is InChI=1S/C6H12OS/c1-2-7-5-3-6(8)4-5/h5-6,8H,2-4H2,1H3. The zero-order valence-corrected chi connectivity index (χ0v) is 6.03. The Morgan fingerprint density at radius 2 is 2.25 bits per heavy atom. The van der Waals surface area contributed by atoms with Gasteiger partial charge in [0.05, 0.1) is 6.10 Å². The molecular formula is C6H12OS. The first-order chi connectivity index (χ1) is 3.83. The molecule has 1 saturated carbocycles. The number of rotatable bonds is 2. The minimum absolute atomic E-state index is 0.530. The van der Waals surface area contributed by atoms with Gasteiger partial charge in [0.1, 0.15) is 0 Å². The zero-order valence-electron chi connectivity index (χ0n) is 5.13. The van der Waals surface area contributed by atoms with Gasteiger partial charge in [0.25, 0.3) is 0 Å². The first kappa shape index (κ1) is 6.43. The molecule has 2 heteroatoms. The van der Waals surface area contributed by atoms with Crippen LogP contribution in [0.4, 0.5) is 0 Å². The number of thiol groups is 1. The summed E-state index contributed by atoms with van der Waals surface area (Å²) in [7, 11) is 0. The molecule has 0 saturated heterocycles. The van der Waals surface area contributed by atoms with Gasteiger partial charge in [0, 0.05) is 11.9 Å². The molecule has 0 aromatic carbocycles. The average molecular weight is 132 g/mol. The first-order valence-electron chi connectivity index (χ1n) is 3.12. The fraction of sp³-hybridized carbons (Fsp3) is 1.00. The van der Waals surface area contributed by atoms with Crippen LogP contribution in [0.3, 0.4) is 0 Å². The van der Waals surface area contributed by atoms with Crippen LogP contribution in [0, 0.1) is 0 Å². The minimum atomic E-state index is 0.530. The maximum atomic E-state index is 5.30. The third kappa shape index (κ3) is 1.39. The number of hydrogen-bond donors (Lipinski definition) is 1. The summed E-state index contributed by atoms with van der Waals surface area (Å²) in [6.07, 6.45) is 2.83. The molecule has 0 aromatic rings. The van der Waals surface area contributed by atoms with Crippen LogP contribution >= 0.6 is 12.6 Å². The van der Waals surface area contributed by atoms with Crippen molar-refractivity contribution in [2.75, 3.05) is 6.61 Å². The van der Waals surface area contributed by atoms with Crippen LogP contribution in [-0.4, -0.2) is 18.0 Å². The molecule has 0 aromatic heterocycles. The molecule has 48 valence electrons. The highest BCUT2D eigenvalue weighted by Gasteiger charge is 2.25. The molecule has 8 heavy (non-hydrogen) atoms. The summed E-state index contributed by atoms with van der Waals surface area (Å²) in [5.41, 5.74) is 0. The van der Waals surface area contributed by atoms with E-state index in [0.717, 1.165) is 19.4 Å². The lowest BCUT2D eigenvalue weighted by atomic mass is 9.95. The number of hydrogen-bond acceptors (Lipinski definition) is 2. The van der Waals surface area contributed by atoms with E-state index in [1.807, 2.05) is 6.92 Å². The summed E-state index contributed by atoms with van der Waals surface area (Å²) in [6, 6.07) is 0. The molecular weight excluding hydrogens is 120 g/mol. The van der Waals surface area contributed by atoms with Crippen molar-refractivity contribution in [3.63, 3.8) is 0 Å². The van der Waals surface area contributed by atoms with Crippen molar-refractivity contribution < 1.29 is 4.74 Å². The highest BCUT2D eigenvalue weighted by atomic mass is 32.1. The topological polar surface area (TPSA) is 9.23 Å². The quantitative estimate of drug-likeness (QED) is 0.560. The Bertz CT molecular complexity index is 66.2. The Labute approximate surface area is 55.8 Å². The van der Waals surface area contributed by atoms with Gasteiger partial charge in [0.2, 0.25) is 0 Å². The van der Waals surface area contributed by atoms with Crippen LogP contribution in [0.25, 0.3) is 0 Å². The largest absolute Gasteiger partial charge is 0.378 e. The Hall–Kier alpha value is 0.310. The summed E-state index contributed by atoms with van der Waals surface area (Å²) < 4.78 is 5.30. The van der Waals surface area contributed by atoms with Crippen molar-refractivity contribution in [1.29, 1.82) is 0 Å². The van der Waals surface area contributed by atoms with E-state index >= 15 is 0 Å². The van der Waals surface area contributed by atoms with E-state index in [0.29, 0.717) is 11.4 Å². The molecule has 0 bridgehead atoms. The molecule has 0 N–H and O–H groups in total. The van der Waals surface area contributed by atoms with Gasteiger partial charge in [-0.25, -0.2) is 0 Å². The van der Waals surface area contributed by atoms with E-state index in [4.69, 9.17) is 4.74 Å². The lowest BCUT2D eigenvalue weighted by molar-refractivity contribution is 0.0142. The second kappa shape index (κ2) is 2.74. The van der Waals surface area contributed by atoms with Crippen molar-refractivity contribution in [2.45, 2.75) is 31.1 Å². The fourth-order valence-corrected chi connectivity index (χ4v) is 1.38. The molecule has 1 aliphatic rings. The van der Waals surface area contributed by atoms with Gasteiger partial charge in [0.15, 0.2) is 0 Å². The molecule has 0 spiro atoms. The highest BCUT2D eigenvalue weighted by molar-refractivity contribution is 7.81. The first-order valence-corrected chi connectivity index (χ1v) is 3.64. The third-order valence-corrected chi connectivity index (χ3v) is 1.89. The molecule has 1 fully saturated rings. The third-order valence-electron chi connectivity index (χ3n) is 1.47. The monoisotopic (exact) mass is 132 g/mol. The molecule has 0 atom stereocenters. The minimum Gasteiger partial charge on any atom is -0.378 e. The zero-order chi connectivity index (χ0) is 5.98. The van der Waals surface area contributed by atoms with Crippen molar-refractivity contribution in [2.24, 2.45) is 0 Å². The molecule has 0 unspecified atom stereocenters. The molecule has 0 radical (unpaired) electrons. The summed E-state index contributed by atoms with van der Waals surface area (Å²) in [5, 5.41) is 0.617. The molecule has 1 rings (SSSR count). The van der Waals surface area contributed by atoms with E-state index in [2.05, 4.69) is 12.6 Å². The van der Waals surface area contributed by atoms with Crippen molar-refractivity contribution in [3.05, 3.63) is 0 Å². The van der Waals surface area contributed by atoms with Crippen molar-refractivity contribution in [1.82, 2.24) is 0 Å². The SMILES string of the molecule is CCOC1CC(S)C1. The van der Waals surface area contributed by atoms with Crippen LogP contribution < -0.4 is 0 Å². The van der Waals surface area contributed by atoms with Crippen molar-refractivity contribution in [3.8, 4) is 0 Å².